The fraction of sp³-hybridized carbons (Fsp3) is 0.176. The normalized spacial score (nSPS) is 10.2. The standard InChI is InChI=1S/C17H16FN3O2.ClH/c1-10-4-5-11(6-13(10)18)21-17-12-7-15(22-2)16(23-3)8-14(12)19-9-20-17;/h4-9H,1-3H3,(H,19,20,21);1H. The minimum Gasteiger partial charge on any atom is -0.493 e. The van der Waals surface area contributed by atoms with Crippen LogP contribution in [0.15, 0.2) is 36.7 Å². The number of nitrogens with one attached hydrogen (secondary N) is 1. The van der Waals surface area contributed by atoms with E-state index in [-0.39, 0.29) is 18.2 Å². The first kappa shape index (κ1) is 17.7. The maximum atomic E-state index is 13.7. The topological polar surface area (TPSA) is 56.3 Å². The molecule has 1 heterocycles. The summed E-state index contributed by atoms with van der Waals surface area (Å²) in [4.78, 5) is 8.48. The predicted molar refractivity (Wildman–Crippen MR) is 94.3 cm³/mol. The van der Waals surface area contributed by atoms with Crippen molar-refractivity contribution >= 4 is 34.8 Å². The second kappa shape index (κ2) is 7.31. The zero-order valence-electron chi connectivity index (χ0n) is 13.5. The number of rotatable bonds is 4. The Labute approximate surface area is 145 Å². The molecule has 0 saturated heterocycles. The van der Waals surface area contributed by atoms with Gasteiger partial charge in [-0.2, -0.15) is 0 Å². The molecule has 0 spiro atoms. The number of hydrogen-bond donors (Lipinski definition) is 1. The van der Waals surface area contributed by atoms with Gasteiger partial charge in [-0.05, 0) is 30.7 Å². The summed E-state index contributed by atoms with van der Waals surface area (Å²) in [7, 11) is 3.13. The molecule has 5 nitrogen and oxygen atoms in total. The van der Waals surface area contributed by atoms with E-state index in [0.29, 0.717) is 34.1 Å². The molecule has 0 unspecified atom stereocenters. The molecule has 0 aliphatic rings. The zero-order chi connectivity index (χ0) is 16.4. The van der Waals surface area contributed by atoms with Gasteiger partial charge in [0.2, 0.25) is 0 Å². The molecule has 0 aliphatic carbocycles. The van der Waals surface area contributed by atoms with Crippen molar-refractivity contribution in [3.05, 3.63) is 48.0 Å². The molecule has 0 fully saturated rings. The molecule has 0 saturated carbocycles. The van der Waals surface area contributed by atoms with E-state index in [1.165, 1.54) is 12.4 Å². The quantitative estimate of drug-likeness (QED) is 0.762. The Balaban J connectivity index is 0.00000208. The summed E-state index contributed by atoms with van der Waals surface area (Å²) >= 11 is 0. The average molecular weight is 350 g/mol. The van der Waals surface area contributed by atoms with Crippen molar-refractivity contribution in [1.29, 1.82) is 0 Å². The van der Waals surface area contributed by atoms with Gasteiger partial charge in [0.15, 0.2) is 11.5 Å². The van der Waals surface area contributed by atoms with Crippen LogP contribution in [-0.2, 0) is 0 Å². The van der Waals surface area contributed by atoms with Crippen molar-refractivity contribution in [2.24, 2.45) is 0 Å². The highest BCUT2D eigenvalue weighted by Gasteiger charge is 2.11. The molecule has 3 rings (SSSR count). The number of methoxy groups -OCH3 is 2. The maximum Gasteiger partial charge on any atom is 0.162 e. The molecule has 0 aliphatic heterocycles. The lowest BCUT2D eigenvalue weighted by Crippen LogP contribution is -1.98. The summed E-state index contributed by atoms with van der Waals surface area (Å²) < 4.78 is 24.3. The molecule has 0 radical (unpaired) electrons. The van der Waals surface area contributed by atoms with Crippen LogP contribution in [0.5, 0.6) is 11.5 Å². The van der Waals surface area contributed by atoms with E-state index in [0.717, 1.165) is 5.39 Å². The number of aromatic nitrogens is 2. The molecule has 7 heteroatoms. The van der Waals surface area contributed by atoms with Gasteiger partial charge in [0, 0.05) is 17.1 Å². The zero-order valence-corrected chi connectivity index (χ0v) is 14.3. The van der Waals surface area contributed by atoms with E-state index >= 15 is 0 Å². The third-order valence-corrected chi connectivity index (χ3v) is 3.58. The summed E-state index contributed by atoms with van der Waals surface area (Å²) in [5, 5.41) is 3.87. The molecule has 0 amide bonds. The van der Waals surface area contributed by atoms with Crippen molar-refractivity contribution in [2.75, 3.05) is 19.5 Å². The van der Waals surface area contributed by atoms with Crippen molar-refractivity contribution < 1.29 is 13.9 Å². The highest BCUT2D eigenvalue weighted by molar-refractivity contribution is 5.93. The van der Waals surface area contributed by atoms with Gasteiger partial charge >= 0.3 is 0 Å². The number of halogens is 2. The van der Waals surface area contributed by atoms with E-state index in [2.05, 4.69) is 15.3 Å². The van der Waals surface area contributed by atoms with Crippen LogP contribution >= 0.6 is 12.4 Å². The van der Waals surface area contributed by atoms with Crippen LogP contribution in [0.2, 0.25) is 0 Å². The Hall–Kier alpha value is -2.60. The number of benzene rings is 2. The Morgan fingerprint density at radius 2 is 1.71 bits per heavy atom. The second-order valence-corrected chi connectivity index (χ2v) is 5.04. The Kier molecular flexibility index (Phi) is 5.41. The molecule has 3 aromatic rings. The number of hydrogen-bond acceptors (Lipinski definition) is 5. The van der Waals surface area contributed by atoms with Gasteiger partial charge in [-0.3, -0.25) is 0 Å². The van der Waals surface area contributed by atoms with E-state index < -0.39 is 0 Å². The van der Waals surface area contributed by atoms with Gasteiger partial charge in [0.1, 0.15) is 18.0 Å². The van der Waals surface area contributed by atoms with E-state index in [1.54, 1.807) is 45.4 Å². The molecule has 126 valence electrons. The van der Waals surface area contributed by atoms with E-state index in [9.17, 15) is 4.39 Å². The summed E-state index contributed by atoms with van der Waals surface area (Å²) in [6.07, 6.45) is 1.45. The van der Waals surface area contributed by atoms with E-state index in [1.807, 2.05) is 0 Å². The first-order chi connectivity index (χ1) is 11.1. The lowest BCUT2D eigenvalue weighted by atomic mass is 10.2. The maximum absolute atomic E-state index is 13.7. The van der Waals surface area contributed by atoms with Crippen LogP contribution in [0.3, 0.4) is 0 Å². The van der Waals surface area contributed by atoms with Crippen LogP contribution < -0.4 is 14.8 Å². The van der Waals surface area contributed by atoms with Crippen LogP contribution in [0.4, 0.5) is 15.9 Å². The van der Waals surface area contributed by atoms with Crippen LogP contribution in [0, 0.1) is 12.7 Å². The predicted octanol–water partition coefficient (Wildman–Crippen LogP) is 4.26. The fourth-order valence-electron chi connectivity index (χ4n) is 2.29. The number of aryl methyl sites for hydroxylation is 1. The fourth-order valence-corrected chi connectivity index (χ4v) is 2.29. The molecule has 0 atom stereocenters. The Bertz CT molecular complexity index is 874. The van der Waals surface area contributed by atoms with Crippen molar-refractivity contribution in [3.8, 4) is 11.5 Å². The minimum absolute atomic E-state index is 0. The Morgan fingerprint density at radius 1 is 1.00 bits per heavy atom. The van der Waals surface area contributed by atoms with Crippen LogP contribution in [0.25, 0.3) is 10.9 Å². The summed E-state index contributed by atoms with van der Waals surface area (Å²) in [5.74, 6) is 1.46. The largest absolute Gasteiger partial charge is 0.493 e. The summed E-state index contributed by atoms with van der Waals surface area (Å²) in [6.45, 7) is 1.72. The monoisotopic (exact) mass is 349 g/mol. The SMILES string of the molecule is COc1cc2ncnc(Nc3ccc(C)c(F)c3)c2cc1OC.Cl. The first-order valence-corrected chi connectivity index (χ1v) is 7.02. The smallest absolute Gasteiger partial charge is 0.162 e. The van der Waals surface area contributed by atoms with Gasteiger partial charge < -0.3 is 14.8 Å². The van der Waals surface area contributed by atoms with Gasteiger partial charge in [0.25, 0.3) is 0 Å². The highest BCUT2D eigenvalue weighted by atomic mass is 35.5. The number of anilines is 2. The molecular formula is C17H17ClFN3O2. The third kappa shape index (κ3) is 3.33. The third-order valence-electron chi connectivity index (χ3n) is 3.58. The molecule has 0 bridgehead atoms. The van der Waals surface area contributed by atoms with E-state index in [4.69, 9.17) is 9.47 Å². The Morgan fingerprint density at radius 3 is 2.38 bits per heavy atom. The minimum atomic E-state index is -0.271. The summed E-state index contributed by atoms with van der Waals surface area (Å²) in [6, 6.07) is 8.51. The van der Waals surface area contributed by atoms with Crippen molar-refractivity contribution in [2.45, 2.75) is 6.92 Å². The second-order valence-electron chi connectivity index (χ2n) is 5.04. The van der Waals surface area contributed by atoms with Gasteiger partial charge in [-0.1, -0.05) is 6.07 Å². The van der Waals surface area contributed by atoms with Crippen LogP contribution in [-0.4, -0.2) is 24.2 Å². The molecule has 24 heavy (non-hydrogen) atoms. The molecule has 1 N–H and O–H groups in total. The lowest BCUT2D eigenvalue weighted by molar-refractivity contribution is 0.356. The molecule has 2 aromatic carbocycles. The van der Waals surface area contributed by atoms with Gasteiger partial charge in [-0.15, -0.1) is 12.4 Å². The van der Waals surface area contributed by atoms with Crippen LogP contribution in [0.1, 0.15) is 5.56 Å². The summed E-state index contributed by atoms with van der Waals surface area (Å²) in [5.41, 5.74) is 1.91. The highest BCUT2D eigenvalue weighted by Crippen LogP contribution is 2.34. The number of fused-ring (bicyclic) bond motifs is 1. The molecular weight excluding hydrogens is 333 g/mol. The lowest BCUT2D eigenvalue weighted by Gasteiger charge is -2.12. The van der Waals surface area contributed by atoms with Gasteiger partial charge in [-0.25, -0.2) is 14.4 Å². The molecule has 1 aromatic heterocycles. The average Bonchev–Trinajstić information content (AvgIpc) is 2.57. The number of nitrogens with zero attached hydrogens (tertiary/aromatic N) is 2. The van der Waals surface area contributed by atoms with Crippen molar-refractivity contribution in [3.63, 3.8) is 0 Å². The van der Waals surface area contributed by atoms with Gasteiger partial charge in [0.05, 0.1) is 19.7 Å². The first-order valence-electron chi connectivity index (χ1n) is 7.02. The number of ether oxygens (including phenoxy) is 2. The van der Waals surface area contributed by atoms with Crippen molar-refractivity contribution in [1.82, 2.24) is 9.97 Å².